The number of rotatable bonds is 5. The summed E-state index contributed by atoms with van der Waals surface area (Å²) in [6, 6.07) is 4.26. The van der Waals surface area contributed by atoms with Gasteiger partial charge in [-0.25, -0.2) is 4.79 Å². The molecule has 0 aliphatic heterocycles. The zero-order chi connectivity index (χ0) is 13.8. The van der Waals surface area contributed by atoms with Crippen molar-refractivity contribution in [2.75, 3.05) is 6.61 Å². The molecule has 0 fully saturated rings. The second-order valence-corrected chi connectivity index (χ2v) is 4.43. The molecule has 1 rings (SSSR count). The van der Waals surface area contributed by atoms with Crippen LogP contribution in [0.5, 0.6) is 5.75 Å². The molecule has 0 heterocycles. The highest BCUT2D eigenvalue weighted by atomic mass is 79.9. The summed E-state index contributed by atoms with van der Waals surface area (Å²) in [4.78, 5) is 10.8. The predicted octanol–water partition coefficient (Wildman–Crippen LogP) is 3.87. The van der Waals surface area contributed by atoms with Crippen molar-refractivity contribution in [3.8, 4) is 5.75 Å². The molecule has 18 heavy (non-hydrogen) atoms. The Hall–Kier alpha value is -1.24. The van der Waals surface area contributed by atoms with Gasteiger partial charge in [0.2, 0.25) is 0 Å². The molecule has 0 spiro atoms. The van der Waals surface area contributed by atoms with Crippen molar-refractivity contribution in [3.63, 3.8) is 0 Å². The number of carboxylic acids is 1. The molecule has 0 aliphatic rings. The van der Waals surface area contributed by atoms with Gasteiger partial charge in [-0.2, -0.15) is 13.2 Å². The van der Waals surface area contributed by atoms with Gasteiger partial charge in [0.05, 0.1) is 6.61 Å². The van der Waals surface area contributed by atoms with Gasteiger partial charge in [-0.3, -0.25) is 0 Å². The third-order valence-corrected chi connectivity index (χ3v) is 2.53. The van der Waals surface area contributed by atoms with E-state index in [1.165, 1.54) is 18.2 Å². The highest BCUT2D eigenvalue weighted by Gasteiger charge is 2.26. The molecule has 1 aromatic carbocycles. The first-order valence-electron chi connectivity index (χ1n) is 5.02. The van der Waals surface area contributed by atoms with E-state index in [1.807, 2.05) is 0 Å². The quantitative estimate of drug-likeness (QED) is 0.835. The van der Waals surface area contributed by atoms with Gasteiger partial charge in [0.15, 0.2) is 0 Å². The van der Waals surface area contributed by atoms with Gasteiger partial charge in [-0.15, -0.1) is 0 Å². The minimum Gasteiger partial charge on any atom is -0.493 e. The van der Waals surface area contributed by atoms with Crippen LogP contribution >= 0.6 is 15.9 Å². The molecule has 0 bridgehead atoms. The van der Waals surface area contributed by atoms with E-state index in [-0.39, 0.29) is 24.3 Å². The van der Waals surface area contributed by atoms with Crippen LogP contribution in [0.2, 0.25) is 0 Å². The molecular weight excluding hydrogens is 317 g/mol. The standard InChI is InChI=1S/C11H10BrF3O3/c12-7-2-3-8(10(16)17)9(6-7)18-5-1-4-11(13,14)15/h2-3,6H,1,4-5H2,(H,16,17). The minimum atomic E-state index is -4.23. The van der Waals surface area contributed by atoms with Gasteiger partial charge in [-0.1, -0.05) is 15.9 Å². The predicted molar refractivity (Wildman–Crippen MR) is 61.9 cm³/mol. The first kappa shape index (κ1) is 14.8. The first-order valence-corrected chi connectivity index (χ1v) is 5.81. The van der Waals surface area contributed by atoms with Crippen molar-refractivity contribution in [1.29, 1.82) is 0 Å². The van der Waals surface area contributed by atoms with Crippen molar-refractivity contribution >= 4 is 21.9 Å². The molecular formula is C11H10BrF3O3. The summed E-state index contributed by atoms with van der Waals surface area (Å²) in [7, 11) is 0. The lowest BCUT2D eigenvalue weighted by molar-refractivity contribution is -0.136. The summed E-state index contributed by atoms with van der Waals surface area (Å²) in [5.41, 5.74) is -0.0785. The number of carboxylic acid groups (broad SMARTS) is 1. The molecule has 100 valence electrons. The summed E-state index contributed by atoms with van der Waals surface area (Å²) in [5.74, 6) is -1.13. The zero-order valence-electron chi connectivity index (χ0n) is 9.13. The molecule has 0 saturated carbocycles. The summed E-state index contributed by atoms with van der Waals surface area (Å²) in [5, 5.41) is 8.87. The molecule has 0 aromatic heterocycles. The molecule has 1 aromatic rings. The maximum atomic E-state index is 11.9. The maximum Gasteiger partial charge on any atom is 0.389 e. The normalized spacial score (nSPS) is 11.3. The summed E-state index contributed by atoms with van der Waals surface area (Å²) >= 11 is 3.13. The Morgan fingerprint density at radius 2 is 2.06 bits per heavy atom. The molecule has 0 unspecified atom stereocenters. The van der Waals surface area contributed by atoms with Crippen LogP contribution in [0.3, 0.4) is 0 Å². The van der Waals surface area contributed by atoms with Crippen molar-refractivity contribution < 1.29 is 27.8 Å². The second-order valence-electron chi connectivity index (χ2n) is 3.51. The van der Waals surface area contributed by atoms with Crippen molar-refractivity contribution in [1.82, 2.24) is 0 Å². The average molecular weight is 327 g/mol. The fourth-order valence-electron chi connectivity index (χ4n) is 1.25. The molecule has 7 heteroatoms. The topological polar surface area (TPSA) is 46.5 Å². The highest BCUT2D eigenvalue weighted by molar-refractivity contribution is 9.10. The fourth-order valence-corrected chi connectivity index (χ4v) is 1.59. The van der Waals surface area contributed by atoms with E-state index in [0.717, 1.165) is 0 Å². The Morgan fingerprint density at radius 3 is 2.61 bits per heavy atom. The van der Waals surface area contributed by atoms with E-state index >= 15 is 0 Å². The van der Waals surface area contributed by atoms with E-state index in [1.54, 1.807) is 0 Å². The highest BCUT2D eigenvalue weighted by Crippen LogP contribution is 2.25. The Morgan fingerprint density at radius 1 is 1.39 bits per heavy atom. The van der Waals surface area contributed by atoms with Gasteiger partial charge in [0.25, 0.3) is 0 Å². The van der Waals surface area contributed by atoms with Gasteiger partial charge in [0, 0.05) is 10.9 Å². The Labute approximate surface area is 110 Å². The zero-order valence-corrected chi connectivity index (χ0v) is 10.7. The molecule has 0 aliphatic carbocycles. The average Bonchev–Trinajstić information content (AvgIpc) is 2.22. The number of halogens is 4. The van der Waals surface area contributed by atoms with Crippen LogP contribution < -0.4 is 4.74 Å². The number of benzene rings is 1. The third-order valence-electron chi connectivity index (χ3n) is 2.04. The van der Waals surface area contributed by atoms with E-state index in [9.17, 15) is 18.0 Å². The van der Waals surface area contributed by atoms with E-state index in [4.69, 9.17) is 9.84 Å². The summed E-state index contributed by atoms with van der Waals surface area (Å²) in [6.07, 6.45) is -5.39. The summed E-state index contributed by atoms with van der Waals surface area (Å²) in [6.45, 7) is -0.184. The van der Waals surface area contributed by atoms with Crippen LogP contribution in [-0.2, 0) is 0 Å². The first-order chi connectivity index (χ1) is 8.29. The Balaban J connectivity index is 2.61. The van der Waals surface area contributed by atoms with Crippen molar-refractivity contribution in [2.45, 2.75) is 19.0 Å². The minimum absolute atomic E-state index is 0.0547. The monoisotopic (exact) mass is 326 g/mol. The van der Waals surface area contributed by atoms with Gasteiger partial charge < -0.3 is 9.84 Å². The van der Waals surface area contributed by atoms with Crippen LogP contribution in [-0.4, -0.2) is 23.9 Å². The van der Waals surface area contributed by atoms with Crippen molar-refractivity contribution in [3.05, 3.63) is 28.2 Å². The lowest BCUT2D eigenvalue weighted by Gasteiger charge is -2.10. The van der Waals surface area contributed by atoms with Gasteiger partial charge in [-0.05, 0) is 24.6 Å². The Kier molecular flexibility index (Phi) is 5.01. The van der Waals surface area contributed by atoms with Crippen LogP contribution in [0.15, 0.2) is 22.7 Å². The van der Waals surface area contributed by atoms with Crippen molar-refractivity contribution in [2.24, 2.45) is 0 Å². The Bertz CT molecular complexity index is 432. The fraction of sp³-hybridized carbons (Fsp3) is 0.364. The number of alkyl halides is 3. The van der Waals surface area contributed by atoms with Gasteiger partial charge in [0.1, 0.15) is 11.3 Å². The number of carbonyl (C=O) groups is 1. The molecule has 3 nitrogen and oxygen atoms in total. The van der Waals surface area contributed by atoms with Gasteiger partial charge >= 0.3 is 12.1 Å². The van der Waals surface area contributed by atoms with Crippen LogP contribution in [0, 0.1) is 0 Å². The second kappa shape index (κ2) is 6.08. The molecule has 0 atom stereocenters. The maximum absolute atomic E-state index is 11.9. The largest absolute Gasteiger partial charge is 0.493 e. The number of hydrogen-bond donors (Lipinski definition) is 1. The van der Waals surface area contributed by atoms with E-state index < -0.39 is 18.6 Å². The van der Waals surface area contributed by atoms with E-state index in [0.29, 0.717) is 4.47 Å². The molecule has 0 radical (unpaired) electrons. The third kappa shape index (κ3) is 4.95. The SMILES string of the molecule is O=C(O)c1ccc(Br)cc1OCCCC(F)(F)F. The molecule has 0 saturated heterocycles. The molecule has 1 N–H and O–H groups in total. The summed E-state index contributed by atoms with van der Waals surface area (Å²) < 4.78 is 41.3. The number of ether oxygens (including phenoxy) is 1. The number of aromatic carboxylic acids is 1. The number of hydrogen-bond acceptors (Lipinski definition) is 2. The van der Waals surface area contributed by atoms with Crippen LogP contribution in [0.1, 0.15) is 23.2 Å². The smallest absolute Gasteiger partial charge is 0.389 e. The lowest BCUT2D eigenvalue weighted by atomic mass is 10.2. The van der Waals surface area contributed by atoms with E-state index in [2.05, 4.69) is 15.9 Å². The van der Waals surface area contributed by atoms with Crippen LogP contribution in [0.25, 0.3) is 0 Å². The van der Waals surface area contributed by atoms with Crippen LogP contribution in [0.4, 0.5) is 13.2 Å². The lowest BCUT2D eigenvalue weighted by Crippen LogP contribution is -2.10. The molecule has 0 amide bonds.